The van der Waals surface area contributed by atoms with Gasteiger partial charge < -0.3 is 10.1 Å². The number of halogens is 1. The van der Waals surface area contributed by atoms with Gasteiger partial charge in [0, 0.05) is 29.1 Å². The van der Waals surface area contributed by atoms with Gasteiger partial charge in [-0.3, -0.25) is 14.0 Å². The Morgan fingerprint density at radius 1 is 1.11 bits per heavy atom. The van der Waals surface area contributed by atoms with Gasteiger partial charge in [0.1, 0.15) is 12.3 Å². The predicted octanol–water partition coefficient (Wildman–Crippen LogP) is 3.40. The summed E-state index contributed by atoms with van der Waals surface area (Å²) in [6.07, 6.45) is 0.506. The van der Waals surface area contributed by atoms with Gasteiger partial charge in [0.2, 0.25) is 5.91 Å². The highest BCUT2D eigenvalue weighted by Crippen LogP contribution is 2.27. The zero-order valence-electron chi connectivity index (χ0n) is 20.0. The molecule has 0 bridgehead atoms. The third-order valence-corrected chi connectivity index (χ3v) is 6.12. The van der Waals surface area contributed by atoms with Crippen molar-refractivity contribution < 1.29 is 9.53 Å². The molecule has 0 atom stereocenters. The van der Waals surface area contributed by atoms with Gasteiger partial charge >= 0.3 is 5.69 Å². The molecule has 184 valence electrons. The number of nitrogens with zero attached hydrogens (tertiary/aromatic N) is 6. The van der Waals surface area contributed by atoms with Crippen molar-refractivity contribution in [1.29, 1.82) is 0 Å². The van der Waals surface area contributed by atoms with E-state index in [-0.39, 0.29) is 6.54 Å². The van der Waals surface area contributed by atoms with Crippen molar-refractivity contribution in [3.05, 3.63) is 81.3 Å². The zero-order valence-corrected chi connectivity index (χ0v) is 20.8. The lowest BCUT2D eigenvalue weighted by Gasteiger charge is -2.13. The van der Waals surface area contributed by atoms with Crippen molar-refractivity contribution in [1.82, 2.24) is 28.9 Å². The number of hydrogen-bond donors (Lipinski definition) is 1. The van der Waals surface area contributed by atoms with E-state index in [0.29, 0.717) is 46.4 Å². The summed E-state index contributed by atoms with van der Waals surface area (Å²) in [6.45, 7) is 4.30. The number of amides is 1. The molecule has 11 heteroatoms. The normalized spacial score (nSPS) is 11.3. The quantitative estimate of drug-likeness (QED) is 0.363. The van der Waals surface area contributed by atoms with E-state index in [1.807, 2.05) is 42.8 Å². The number of hydrogen-bond acceptors (Lipinski definition) is 6. The van der Waals surface area contributed by atoms with E-state index in [1.165, 1.54) is 16.2 Å². The Kier molecular flexibility index (Phi) is 6.19. The zero-order chi connectivity index (χ0) is 25.4. The number of para-hydroxylation sites is 1. The number of anilines is 1. The lowest BCUT2D eigenvalue weighted by Crippen LogP contribution is -2.32. The fraction of sp³-hybridized carbons (Fsp3) is 0.240. The third-order valence-electron chi connectivity index (χ3n) is 5.89. The number of carbonyl (C=O) groups excluding carboxylic acids is 1. The number of carbonyl (C=O) groups is 1. The predicted molar refractivity (Wildman–Crippen MR) is 137 cm³/mol. The maximum atomic E-state index is 13.4. The van der Waals surface area contributed by atoms with Crippen LogP contribution in [0.1, 0.15) is 17.2 Å². The smallest absolute Gasteiger partial charge is 0.351 e. The van der Waals surface area contributed by atoms with E-state index in [2.05, 4.69) is 20.5 Å². The summed E-state index contributed by atoms with van der Waals surface area (Å²) in [6, 6.07) is 14.2. The molecule has 0 saturated carbocycles. The number of aromatic nitrogens is 6. The molecule has 36 heavy (non-hydrogen) atoms. The van der Waals surface area contributed by atoms with Crippen molar-refractivity contribution in [2.75, 3.05) is 12.4 Å². The summed E-state index contributed by atoms with van der Waals surface area (Å²) >= 11 is 6.08. The van der Waals surface area contributed by atoms with Gasteiger partial charge in [0.25, 0.3) is 0 Å². The fourth-order valence-electron chi connectivity index (χ4n) is 4.26. The molecule has 0 saturated heterocycles. The second kappa shape index (κ2) is 9.46. The van der Waals surface area contributed by atoms with Crippen molar-refractivity contribution >= 4 is 39.7 Å². The number of benzene rings is 2. The number of ether oxygens (including phenoxy) is 1. The molecule has 1 amide bonds. The molecule has 5 aromatic rings. The van der Waals surface area contributed by atoms with E-state index in [4.69, 9.17) is 16.3 Å². The summed E-state index contributed by atoms with van der Waals surface area (Å²) in [4.78, 5) is 31.0. The Morgan fingerprint density at radius 2 is 1.92 bits per heavy atom. The highest BCUT2D eigenvalue weighted by molar-refractivity contribution is 6.31. The molecular weight excluding hydrogens is 482 g/mol. The fourth-order valence-corrected chi connectivity index (χ4v) is 4.43. The van der Waals surface area contributed by atoms with Gasteiger partial charge in [-0.05, 0) is 50.2 Å². The third kappa shape index (κ3) is 4.42. The largest absolute Gasteiger partial charge is 0.495 e. The minimum absolute atomic E-state index is 0.230. The minimum atomic E-state index is -0.457. The average Bonchev–Trinajstić information content (AvgIpc) is 3.43. The van der Waals surface area contributed by atoms with Crippen molar-refractivity contribution in [2.24, 2.45) is 0 Å². The molecule has 5 rings (SSSR count). The van der Waals surface area contributed by atoms with E-state index >= 15 is 0 Å². The summed E-state index contributed by atoms with van der Waals surface area (Å²) in [5, 5.41) is 12.9. The number of aryl methyl sites for hydroxylation is 4. The van der Waals surface area contributed by atoms with Gasteiger partial charge in [-0.15, -0.1) is 5.10 Å². The average molecular weight is 506 g/mol. The minimum Gasteiger partial charge on any atom is -0.495 e. The highest BCUT2D eigenvalue weighted by atomic mass is 35.5. The highest BCUT2D eigenvalue weighted by Gasteiger charge is 2.18. The molecule has 3 heterocycles. The van der Waals surface area contributed by atoms with Crippen LogP contribution in [0.15, 0.2) is 53.3 Å². The maximum absolute atomic E-state index is 13.4. The summed E-state index contributed by atoms with van der Waals surface area (Å²) in [5.74, 6) is 0.576. The second-order valence-corrected chi connectivity index (χ2v) is 8.88. The van der Waals surface area contributed by atoms with Crippen LogP contribution < -0.4 is 15.7 Å². The Balaban J connectivity index is 1.49. The molecule has 0 aliphatic carbocycles. The Hall–Kier alpha value is -4.18. The summed E-state index contributed by atoms with van der Waals surface area (Å²) < 4.78 is 9.83. The van der Waals surface area contributed by atoms with E-state index < -0.39 is 11.6 Å². The molecule has 0 aliphatic rings. The van der Waals surface area contributed by atoms with Crippen LogP contribution in [0.2, 0.25) is 5.02 Å². The standard InChI is InChI=1S/C25H24ClN7O3/c1-15-12-16(2)32(29-15)11-10-22-28-24-18-6-4-5-7-20(18)31(25(35)33(24)30-22)14-23(34)27-19-13-17(26)8-9-21(19)36-3/h4-9,12-13H,10-11,14H2,1-3H3,(H,27,34). The lowest BCUT2D eigenvalue weighted by molar-refractivity contribution is -0.116. The van der Waals surface area contributed by atoms with Crippen molar-refractivity contribution in [3.8, 4) is 5.75 Å². The first kappa shape index (κ1) is 23.6. The number of nitrogens with one attached hydrogen (secondary N) is 1. The molecule has 10 nitrogen and oxygen atoms in total. The van der Waals surface area contributed by atoms with Crippen LogP contribution in [0.3, 0.4) is 0 Å². The number of methoxy groups -OCH3 is 1. The summed E-state index contributed by atoms with van der Waals surface area (Å²) in [7, 11) is 1.50. The molecule has 0 unspecified atom stereocenters. The summed E-state index contributed by atoms with van der Waals surface area (Å²) in [5.41, 5.74) is 2.99. The van der Waals surface area contributed by atoms with E-state index in [9.17, 15) is 9.59 Å². The van der Waals surface area contributed by atoms with Crippen LogP contribution in [-0.2, 0) is 24.3 Å². The number of rotatable bonds is 7. The Labute approximate surface area is 211 Å². The van der Waals surface area contributed by atoms with Gasteiger partial charge in [0.15, 0.2) is 11.5 Å². The lowest BCUT2D eigenvalue weighted by atomic mass is 10.2. The Bertz CT molecular complexity index is 1670. The van der Waals surface area contributed by atoms with Crippen LogP contribution in [-0.4, -0.2) is 42.0 Å². The van der Waals surface area contributed by atoms with Crippen molar-refractivity contribution in [3.63, 3.8) is 0 Å². The van der Waals surface area contributed by atoms with Crippen LogP contribution in [0.4, 0.5) is 5.69 Å². The van der Waals surface area contributed by atoms with Gasteiger partial charge in [-0.25, -0.2) is 9.78 Å². The second-order valence-electron chi connectivity index (χ2n) is 8.44. The molecule has 3 aromatic heterocycles. The topological polar surface area (TPSA) is 108 Å². The first-order valence-electron chi connectivity index (χ1n) is 11.4. The van der Waals surface area contributed by atoms with Gasteiger partial charge in [-0.2, -0.15) is 9.61 Å². The van der Waals surface area contributed by atoms with Crippen LogP contribution in [0.5, 0.6) is 5.75 Å². The Morgan fingerprint density at radius 3 is 2.67 bits per heavy atom. The molecule has 0 spiro atoms. The molecule has 2 aromatic carbocycles. The molecule has 0 fully saturated rings. The van der Waals surface area contributed by atoms with Gasteiger partial charge in [0.05, 0.1) is 24.0 Å². The molecule has 0 radical (unpaired) electrons. The van der Waals surface area contributed by atoms with Crippen LogP contribution in [0.25, 0.3) is 16.6 Å². The SMILES string of the molecule is COc1ccc(Cl)cc1NC(=O)Cn1c(=O)n2nc(CCn3nc(C)cc3C)nc2c2ccccc21. The van der Waals surface area contributed by atoms with Crippen LogP contribution >= 0.6 is 11.6 Å². The maximum Gasteiger partial charge on any atom is 0.351 e. The molecular formula is C25H24ClN7O3. The first-order valence-corrected chi connectivity index (χ1v) is 11.7. The van der Waals surface area contributed by atoms with Gasteiger partial charge in [-0.1, -0.05) is 23.7 Å². The van der Waals surface area contributed by atoms with E-state index in [0.717, 1.165) is 16.8 Å². The van der Waals surface area contributed by atoms with Crippen LogP contribution in [0, 0.1) is 13.8 Å². The van der Waals surface area contributed by atoms with E-state index in [1.54, 1.807) is 24.3 Å². The van der Waals surface area contributed by atoms with Crippen molar-refractivity contribution in [2.45, 2.75) is 33.4 Å². The first-order chi connectivity index (χ1) is 17.3. The molecule has 1 N–H and O–H groups in total. The monoisotopic (exact) mass is 505 g/mol. The number of fused-ring (bicyclic) bond motifs is 3. The molecule has 0 aliphatic heterocycles.